The molecule has 12 heteroatoms. The van der Waals surface area contributed by atoms with Crippen molar-refractivity contribution in [3.05, 3.63) is 52.3 Å². The van der Waals surface area contributed by atoms with Crippen molar-refractivity contribution in [3.8, 4) is 0 Å². The van der Waals surface area contributed by atoms with Gasteiger partial charge in [-0.3, -0.25) is 19.8 Å². The van der Waals surface area contributed by atoms with Crippen molar-refractivity contribution in [1.82, 2.24) is 19.4 Å². The molecule has 12 nitrogen and oxygen atoms in total. The minimum Gasteiger partial charge on any atom is -0.445 e. The van der Waals surface area contributed by atoms with Crippen LogP contribution in [0.25, 0.3) is 0 Å². The quantitative estimate of drug-likeness (QED) is 0.512. The van der Waals surface area contributed by atoms with E-state index in [2.05, 4.69) is 9.88 Å². The first-order valence-electron chi connectivity index (χ1n) is 10.7. The zero-order chi connectivity index (χ0) is 23.5. The predicted octanol–water partition coefficient (Wildman–Crippen LogP) is 0.749. The Balaban J connectivity index is 1.34. The summed E-state index contributed by atoms with van der Waals surface area (Å²) in [7, 11) is 1.92. The number of aliphatic hydroxyl groups is 1. The van der Waals surface area contributed by atoms with Gasteiger partial charge < -0.3 is 24.2 Å². The summed E-state index contributed by atoms with van der Waals surface area (Å²) >= 11 is 0. The molecule has 0 radical (unpaired) electrons. The number of amides is 2. The second-order valence-electron chi connectivity index (χ2n) is 8.19. The lowest BCUT2D eigenvalue weighted by Gasteiger charge is -2.37. The zero-order valence-electron chi connectivity index (χ0n) is 18.2. The average molecular weight is 458 g/mol. The summed E-state index contributed by atoms with van der Waals surface area (Å²) in [6.45, 7) is 2.15. The molecule has 0 aliphatic carbocycles. The monoisotopic (exact) mass is 458 g/mol. The van der Waals surface area contributed by atoms with Crippen molar-refractivity contribution < 1.29 is 24.4 Å². The summed E-state index contributed by atoms with van der Waals surface area (Å²) in [5, 5.41) is 20.9. The van der Waals surface area contributed by atoms with Crippen LogP contribution in [-0.4, -0.2) is 86.3 Å². The summed E-state index contributed by atoms with van der Waals surface area (Å²) in [4.78, 5) is 45.5. The molecule has 2 aromatic rings. The Labute approximate surface area is 190 Å². The fourth-order valence-corrected chi connectivity index (χ4v) is 4.19. The standard InChI is InChI=1S/C21H26N6O6/c1-23-7-6-22-20(23)25-10-8-24(9-11-25)19(29)18-12-17(28)13-26(18)21(30)33-14-15-2-4-16(5-3-15)27(31)32/h2-7,17-18,28H,8-14H2,1H3/t17-,18+/m1/s1. The number of piperazine rings is 1. The van der Waals surface area contributed by atoms with Gasteiger partial charge >= 0.3 is 6.09 Å². The van der Waals surface area contributed by atoms with E-state index in [1.165, 1.54) is 29.2 Å². The Morgan fingerprint density at radius 1 is 1.21 bits per heavy atom. The molecule has 1 aromatic heterocycles. The van der Waals surface area contributed by atoms with Gasteiger partial charge in [0.2, 0.25) is 11.9 Å². The number of β-amino-alcohol motifs (C(OH)–C–C–N with tert-alkyl or cyclic N) is 1. The van der Waals surface area contributed by atoms with E-state index in [0.29, 0.717) is 31.7 Å². The summed E-state index contributed by atoms with van der Waals surface area (Å²) in [5.41, 5.74) is 0.531. The fourth-order valence-electron chi connectivity index (χ4n) is 4.19. The lowest BCUT2D eigenvalue weighted by atomic mass is 10.1. The molecule has 176 valence electrons. The number of aromatic nitrogens is 2. The number of carbonyl (C=O) groups excluding carboxylic acids is 2. The summed E-state index contributed by atoms with van der Waals surface area (Å²) in [5.74, 6) is 0.633. The molecule has 0 saturated carbocycles. The molecule has 2 fully saturated rings. The maximum Gasteiger partial charge on any atom is 0.410 e. The van der Waals surface area contributed by atoms with Crippen LogP contribution >= 0.6 is 0 Å². The second-order valence-corrected chi connectivity index (χ2v) is 8.19. The van der Waals surface area contributed by atoms with Gasteiger partial charge in [0.15, 0.2) is 0 Å². The van der Waals surface area contributed by atoms with E-state index in [0.717, 1.165) is 5.95 Å². The van der Waals surface area contributed by atoms with E-state index in [-0.39, 0.29) is 31.2 Å². The normalized spacial score (nSPS) is 20.7. The Morgan fingerprint density at radius 2 is 1.91 bits per heavy atom. The number of rotatable bonds is 5. The minimum atomic E-state index is -0.806. The molecule has 33 heavy (non-hydrogen) atoms. The zero-order valence-corrected chi connectivity index (χ0v) is 18.2. The largest absolute Gasteiger partial charge is 0.445 e. The van der Waals surface area contributed by atoms with Crippen LogP contribution in [0, 0.1) is 10.1 Å². The van der Waals surface area contributed by atoms with Crippen LogP contribution in [0.1, 0.15) is 12.0 Å². The number of hydrogen-bond donors (Lipinski definition) is 1. The molecule has 2 saturated heterocycles. The molecule has 0 bridgehead atoms. The molecule has 2 atom stereocenters. The molecule has 0 spiro atoms. The van der Waals surface area contributed by atoms with Crippen molar-refractivity contribution in [2.24, 2.45) is 7.05 Å². The average Bonchev–Trinajstić information content (AvgIpc) is 3.42. The molecular weight excluding hydrogens is 432 g/mol. The third-order valence-corrected chi connectivity index (χ3v) is 5.98. The highest BCUT2D eigenvalue weighted by molar-refractivity contribution is 5.86. The predicted molar refractivity (Wildman–Crippen MR) is 116 cm³/mol. The lowest BCUT2D eigenvalue weighted by Crippen LogP contribution is -2.54. The van der Waals surface area contributed by atoms with Crippen LogP contribution in [0.2, 0.25) is 0 Å². The van der Waals surface area contributed by atoms with Crippen LogP contribution < -0.4 is 4.90 Å². The fraction of sp³-hybridized carbons (Fsp3) is 0.476. The van der Waals surface area contributed by atoms with Crippen molar-refractivity contribution in [2.45, 2.75) is 25.2 Å². The highest BCUT2D eigenvalue weighted by Gasteiger charge is 2.42. The molecule has 1 N–H and O–H groups in total. The van der Waals surface area contributed by atoms with Crippen LogP contribution in [0.3, 0.4) is 0 Å². The molecule has 2 amide bonds. The topological polar surface area (TPSA) is 134 Å². The molecule has 2 aliphatic heterocycles. The SMILES string of the molecule is Cn1ccnc1N1CCN(C(=O)[C@@H]2C[C@@H](O)CN2C(=O)OCc2ccc([N+](=O)[O-])cc2)CC1. The van der Waals surface area contributed by atoms with E-state index < -0.39 is 23.2 Å². The second kappa shape index (κ2) is 9.45. The van der Waals surface area contributed by atoms with Gasteiger partial charge in [0.05, 0.1) is 17.6 Å². The number of anilines is 1. The Kier molecular flexibility index (Phi) is 6.45. The first kappa shape index (κ1) is 22.5. The van der Waals surface area contributed by atoms with E-state index in [4.69, 9.17) is 4.74 Å². The maximum absolute atomic E-state index is 13.2. The number of aliphatic hydroxyl groups excluding tert-OH is 1. The van der Waals surface area contributed by atoms with Crippen molar-refractivity contribution in [1.29, 1.82) is 0 Å². The molecule has 0 unspecified atom stereocenters. The van der Waals surface area contributed by atoms with Gasteiger partial charge in [-0.25, -0.2) is 9.78 Å². The summed E-state index contributed by atoms with van der Waals surface area (Å²) in [6.07, 6.45) is 2.25. The number of imidazole rings is 1. The van der Waals surface area contributed by atoms with Gasteiger partial charge in [-0.2, -0.15) is 0 Å². The number of benzene rings is 1. The van der Waals surface area contributed by atoms with Crippen molar-refractivity contribution in [3.63, 3.8) is 0 Å². The van der Waals surface area contributed by atoms with E-state index in [1.807, 2.05) is 17.8 Å². The summed E-state index contributed by atoms with van der Waals surface area (Å²) < 4.78 is 7.25. The van der Waals surface area contributed by atoms with Gasteiger partial charge in [0, 0.05) is 64.2 Å². The highest BCUT2D eigenvalue weighted by atomic mass is 16.6. The maximum atomic E-state index is 13.2. The lowest BCUT2D eigenvalue weighted by molar-refractivity contribution is -0.384. The van der Waals surface area contributed by atoms with Gasteiger partial charge in [-0.1, -0.05) is 0 Å². The number of likely N-dealkylation sites (tertiary alicyclic amines) is 1. The highest BCUT2D eigenvalue weighted by Crippen LogP contribution is 2.23. The van der Waals surface area contributed by atoms with E-state index in [9.17, 15) is 24.8 Å². The Morgan fingerprint density at radius 3 is 2.52 bits per heavy atom. The Bertz CT molecular complexity index is 1020. The van der Waals surface area contributed by atoms with E-state index >= 15 is 0 Å². The van der Waals surface area contributed by atoms with Gasteiger partial charge in [-0.05, 0) is 17.7 Å². The van der Waals surface area contributed by atoms with Crippen LogP contribution in [-0.2, 0) is 23.2 Å². The first-order chi connectivity index (χ1) is 15.8. The summed E-state index contributed by atoms with van der Waals surface area (Å²) in [6, 6.07) is 4.89. The molecule has 1 aromatic carbocycles. The first-order valence-corrected chi connectivity index (χ1v) is 10.7. The number of non-ortho nitro benzene ring substituents is 1. The number of hydrogen-bond acceptors (Lipinski definition) is 8. The number of aryl methyl sites for hydroxylation is 1. The minimum absolute atomic E-state index is 0.0166. The molecular formula is C21H26N6O6. The number of carbonyl (C=O) groups is 2. The number of ether oxygens (including phenoxy) is 1. The molecule has 3 heterocycles. The number of nitrogens with zero attached hydrogens (tertiary/aromatic N) is 6. The van der Waals surface area contributed by atoms with Crippen molar-refractivity contribution >= 4 is 23.6 Å². The Hall–Kier alpha value is -3.67. The van der Waals surface area contributed by atoms with Gasteiger partial charge in [0.25, 0.3) is 5.69 Å². The van der Waals surface area contributed by atoms with E-state index in [1.54, 1.807) is 11.1 Å². The van der Waals surface area contributed by atoms with Crippen LogP contribution in [0.4, 0.5) is 16.4 Å². The third-order valence-electron chi connectivity index (χ3n) is 5.98. The van der Waals surface area contributed by atoms with Gasteiger partial charge in [-0.15, -0.1) is 0 Å². The molecule has 2 aliphatic rings. The number of nitro groups is 1. The van der Waals surface area contributed by atoms with Crippen molar-refractivity contribution in [2.75, 3.05) is 37.6 Å². The third kappa shape index (κ3) is 4.90. The van der Waals surface area contributed by atoms with Crippen LogP contribution in [0.15, 0.2) is 36.7 Å². The van der Waals surface area contributed by atoms with Gasteiger partial charge in [0.1, 0.15) is 12.6 Å². The van der Waals surface area contributed by atoms with Crippen LogP contribution in [0.5, 0.6) is 0 Å². The molecule has 4 rings (SSSR count). The smallest absolute Gasteiger partial charge is 0.410 e. The number of nitro benzene ring substituents is 1.